The van der Waals surface area contributed by atoms with E-state index < -0.39 is 0 Å². The number of allylic oxidation sites excluding steroid dienone is 1. The first kappa shape index (κ1) is 10.8. The van der Waals surface area contributed by atoms with Crippen molar-refractivity contribution in [1.82, 2.24) is 0 Å². The molecule has 1 saturated carbocycles. The summed E-state index contributed by atoms with van der Waals surface area (Å²) in [7, 11) is 0. The Morgan fingerprint density at radius 1 is 1.38 bits per heavy atom. The highest BCUT2D eigenvalue weighted by Crippen LogP contribution is 2.28. The van der Waals surface area contributed by atoms with Gasteiger partial charge in [0.1, 0.15) is 0 Å². The molecule has 76 valence electrons. The third-order valence-electron chi connectivity index (χ3n) is 3.08. The lowest BCUT2D eigenvalue weighted by molar-refractivity contribution is 0.141. The zero-order chi connectivity index (χ0) is 9.68. The number of hydrogen-bond donors (Lipinski definition) is 1. The molecule has 0 bridgehead atoms. The number of aliphatic hydroxyl groups excluding tert-OH is 1. The Morgan fingerprint density at radius 2 is 2.08 bits per heavy atom. The number of aliphatic hydroxyl groups is 1. The molecule has 1 aliphatic carbocycles. The first-order valence-corrected chi connectivity index (χ1v) is 5.57. The maximum Gasteiger partial charge on any atom is 0.0543 e. The molecule has 1 N–H and O–H groups in total. The third-order valence-corrected chi connectivity index (χ3v) is 3.08. The van der Waals surface area contributed by atoms with Crippen molar-refractivity contribution in [2.45, 2.75) is 58.0 Å². The Hall–Kier alpha value is -0.300. The summed E-state index contributed by atoms with van der Waals surface area (Å²) >= 11 is 0. The molecule has 0 amide bonds. The van der Waals surface area contributed by atoms with Crippen molar-refractivity contribution in [1.29, 1.82) is 0 Å². The second-order valence-electron chi connectivity index (χ2n) is 4.35. The van der Waals surface area contributed by atoms with Gasteiger partial charge in [-0.25, -0.2) is 0 Å². The second-order valence-corrected chi connectivity index (χ2v) is 4.35. The van der Waals surface area contributed by atoms with E-state index in [0.717, 1.165) is 25.7 Å². The van der Waals surface area contributed by atoms with E-state index in [0.29, 0.717) is 5.92 Å². The highest BCUT2D eigenvalue weighted by atomic mass is 16.3. The molecule has 1 aliphatic rings. The average Bonchev–Trinajstić information content (AvgIpc) is 2.30. The van der Waals surface area contributed by atoms with Crippen molar-refractivity contribution in [2.24, 2.45) is 5.92 Å². The van der Waals surface area contributed by atoms with Gasteiger partial charge in [0.25, 0.3) is 0 Å². The molecule has 0 radical (unpaired) electrons. The quantitative estimate of drug-likeness (QED) is 0.524. The predicted octanol–water partition coefficient (Wildman–Crippen LogP) is 3.28. The molecule has 0 aromatic heterocycles. The lowest BCUT2D eigenvalue weighted by Gasteiger charge is -2.16. The summed E-state index contributed by atoms with van der Waals surface area (Å²) in [6, 6.07) is 0. The predicted molar refractivity (Wildman–Crippen MR) is 56.6 cm³/mol. The van der Waals surface area contributed by atoms with Crippen LogP contribution in [-0.2, 0) is 0 Å². The van der Waals surface area contributed by atoms with Gasteiger partial charge in [-0.3, -0.25) is 0 Å². The molecule has 0 aromatic rings. The van der Waals surface area contributed by atoms with Gasteiger partial charge in [-0.2, -0.15) is 0 Å². The Balaban J connectivity index is 2.34. The van der Waals surface area contributed by atoms with Crippen molar-refractivity contribution in [2.75, 3.05) is 0 Å². The van der Waals surface area contributed by atoms with Crippen LogP contribution in [0, 0.1) is 5.92 Å². The monoisotopic (exact) mass is 182 g/mol. The van der Waals surface area contributed by atoms with Gasteiger partial charge >= 0.3 is 0 Å². The first-order valence-electron chi connectivity index (χ1n) is 5.57. The van der Waals surface area contributed by atoms with Gasteiger partial charge in [0.05, 0.1) is 6.10 Å². The first-order chi connectivity index (χ1) is 6.22. The van der Waals surface area contributed by atoms with Crippen LogP contribution in [0.3, 0.4) is 0 Å². The fraction of sp³-hybridized carbons (Fsp3) is 0.833. The Bertz CT molecular complexity index is 163. The van der Waals surface area contributed by atoms with Crippen LogP contribution in [-0.4, -0.2) is 11.2 Å². The van der Waals surface area contributed by atoms with Gasteiger partial charge in [-0.05, 0) is 31.6 Å². The molecule has 2 atom stereocenters. The standard InChI is InChI=1S/C12H22O/c1-3-10(2)8-11-6-4-5-7-12(13)9-11/h11-13H,2-9H2,1H3. The minimum atomic E-state index is -0.0443. The fourth-order valence-corrected chi connectivity index (χ4v) is 2.17. The highest BCUT2D eigenvalue weighted by molar-refractivity contribution is 4.95. The molecule has 0 aliphatic heterocycles. The second kappa shape index (κ2) is 5.43. The lowest BCUT2D eigenvalue weighted by Crippen LogP contribution is -2.10. The summed E-state index contributed by atoms with van der Waals surface area (Å²) in [4.78, 5) is 0. The van der Waals surface area contributed by atoms with Crippen LogP contribution in [0.25, 0.3) is 0 Å². The van der Waals surface area contributed by atoms with Crippen molar-refractivity contribution in [3.05, 3.63) is 12.2 Å². The molecular weight excluding hydrogens is 160 g/mol. The van der Waals surface area contributed by atoms with Gasteiger partial charge in [-0.15, -0.1) is 0 Å². The SMILES string of the molecule is C=C(CC)CC1CCCCC(O)C1. The van der Waals surface area contributed by atoms with E-state index >= 15 is 0 Å². The van der Waals surface area contributed by atoms with Gasteiger partial charge in [0.2, 0.25) is 0 Å². The molecule has 0 saturated heterocycles. The smallest absolute Gasteiger partial charge is 0.0543 e. The van der Waals surface area contributed by atoms with E-state index in [1.54, 1.807) is 0 Å². The molecule has 13 heavy (non-hydrogen) atoms. The molecule has 1 nitrogen and oxygen atoms in total. The van der Waals surface area contributed by atoms with Crippen molar-refractivity contribution in [3.8, 4) is 0 Å². The Morgan fingerprint density at radius 3 is 2.77 bits per heavy atom. The fourth-order valence-electron chi connectivity index (χ4n) is 2.17. The minimum absolute atomic E-state index is 0.0443. The largest absolute Gasteiger partial charge is 0.393 e. The number of rotatable bonds is 3. The van der Waals surface area contributed by atoms with Crippen LogP contribution >= 0.6 is 0 Å². The highest BCUT2D eigenvalue weighted by Gasteiger charge is 2.18. The van der Waals surface area contributed by atoms with Gasteiger partial charge < -0.3 is 5.11 Å². The van der Waals surface area contributed by atoms with Crippen LogP contribution in [0.1, 0.15) is 51.9 Å². The van der Waals surface area contributed by atoms with Crippen LogP contribution in [0.5, 0.6) is 0 Å². The van der Waals surface area contributed by atoms with Crippen LogP contribution in [0.4, 0.5) is 0 Å². The molecule has 0 aromatic carbocycles. The summed E-state index contributed by atoms with van der Waals surface area (Å²) in [5.41, 5.74) is 1.35. The van der Waals surface area contributed by atoms with Gasteiger partial charge in [-0.1, -0.05) is 38.3 Å². The third kappa shape index (κ3) is 3.95. The Kier molecular flexibility index (Phi) is 4.51. The van der Waals surface area contributed by atoms with E-state index in [9.17, 15) is 5.11 Å². The van der Waals surface area contributed by atoms with Crippen molar-refractivity contribution >= 4 is 0 Å². The summed E-state index contributed by atoms with van der Waals surface area (Å²) in [6.45, 7) is 6.20. The van der Waals surface area contributed by atoms with Crippen LogP contribution in [0.15, 0.2) is 12.2 Å². The molecule has 1 fully saturated rings. The maximum atomic E-state index is 9.62. The lowest BCUT2D eigenvalue weighted by atomic mass is 9.91. The Labute approximate surface area is 81.9 Å². The zero-order valence-corrected chi connectivity index (χ0v) is 8.76. The normalized spacial score (nSPS) is 29.7. The summed E-state index contributed by atoms with van der Waals surface area (Å²) in [5.74, 6) is 0.699. The number of hydrogen-bond acceptors (Lipinski definition) is 1. The summed E-state index contributed by atoms with van der Waals surface area (Å²) in [6.07, 6.45) is 7.97. The van der Waals surface area contributed by atoms with Crippen molar-refractivity contribution < 1.29 is 5.11 Å². The van der Waals surface area contributed by atoms with Gasteiger partial charge in [0.15, 0.2) is 0 Å². The maximum absolute atomic E-state index is 9.62. The molecular formula is C12H22O. The zero-order valence-electron chi connectivity index (χ0n) is 8.76. The van der Waals surface area contributed by atoms with Crippen LogP contribution in [0.2, 0.25) is 0 Å². The van der Waals surface area contributed by atoms with Crippen LogP contribution < -0.4 is 0 Å². The summed E-state index contributed by atoms with van der Waals surface area (Å²) in [5, 5.41) is 9.62. The van der Waals surface area contributed by atoms with E-state index in [1.165, 1.54) is 24.8 Å². The summed E-state index contributed by atoms with van der Waals surface area (Å²) < 4.78 is 0. The van der Waals surface area contributed by atoms with E-state index in [1.807, 2.05) is 0 Å². The topological polar surface area (TPSA) is 20.2 Å². The molecule has 0 spiro atoms. The van der Waals surface area contributed by atoms with Crippen molar-refractivity contribution in [3.63, 3.8) is 0 Å². The van der Waals surface area contributed by atoms with Gasteiger partial charge in [0, 0.05) is 0 Å². The minimum Gasteiger partial charge on any atom is -0.393 e. The van der Waals surface area contributed by atoms with E-state index in [2.05, 4.69) is 13.5 Å². The molecule has 0 heterocycles. The molecule has 1 rings (SSSR count). The van der Waals surface area contributed by atoms with E-state index in [-0.39, 0.29) is 6.10 Å². The van der Waals surface area contributed by atoms with E-state index in [4.69, 9.17) is 0 Å². The average molecular weight is 182 g/mol. The molecule has 1 heteroatoms. The molecule has 2 unspecified atom stereocenters.